The number of rotatable bonds is 5. The third-order valence-electron chi connectivity index (χ3n) is 8.04. The van der Waals surface area contributed by atoms with Crippen LogP contribution in [-0.4, -0.2) is 52.2 Å². The van der Waals surface area contributed by atoms with E-state index in [4.69, 9.17) is 5.73 Å². The summed E-state index contributed by atoms with van der Waals surface area (Å²) in [7, 11) is 1.67. The fourth-order valence-electron chi connectivity index (χ4n) is 6.10. The van der Waals surface area contributed by atoms with Gasteiger partial charge in [0.15, 0.2) is 0 Å². The summed E-state index contributed by atoms with van der Waals surface area (Å²) < 4.78 is 3.65. The number of piperazine rings is 1. The largest absolute Gasteiger partial charge is 0.392 e. The van der Waals surface area contributed by atoms with E-state index in [0.29, 0.717) is 29.9 Å². The molecule has 0 bridgehead atoms. The minimum atomic E-state index is -0.280. The molecule has 1 aromatic carbocycles. The zero-order valence-electron chi connectivity index (χ0n) is 22.7. The number of aliphatic imine (C=N–C) groups is 1. The van der Waals surface area contributed by atoms with Crippen LogP contribution in [0.1, 0.15) is 40.2 Å². The molecule has 0 saturated carbocycles. The van der Waals surface area contributed by atoms with Crippen LogP contribution in [0.15, 0.2) is 58.1 Å². The van der Waals surface area contributed by atoms with Gasteiger partial charge in [-0.05, 0) is 55.0 Å². The van der Waals surface area contributed by atoms with Crippen molar-refractivity contribution in [3.8, 4) is 11.1 Å². The van der Waals surface area contributed by atoms with Crippen LogP contribution in [0.5, 0.6) is 0 Å². The van der Waals surface area contributed by atoms with Gasteiger partial charge in [-0.15, -0.1) is 0 Å². The summed E-state index contributed by atoms with van der Waals surface area (Å²) in [5, 5.41) is 17.1. The molecule has 10 heteroatoms. The summed E-state index contributed by atoms with van der Waals surface area (Å²) in [6.45, 7) is 3.32. The third kappa shape index (κ3) is 4.73. The van der Waals surface area contributed by atoms with E-state index < -0.39 is 0 Å². The lowest BCUT2D eigenvalue weighted by Gasteiger charge is -2.31. The van der Waals surface area contributed by atoms with Gasteiger partial charge in [-0.25, -0.2) is 4.99 Å². The third-order valence-corrected chi connectivity index (χ3v) is 8.04. The molecular formula is C30H35N7O3. The van der Waals surface area contributed by atoms with Gasteiger partial charge in [0.1, 0.15) is 17.2 Å². The Morgan fingerprint density at radius 2 is 2.00 bits per heavy atom. The number of hydrogen-bond acceptors (Lipinski definition) is 6. The van der Waals surface area contributed by atoms with Crippen LogP contribution in [0.2, 0.25) is 0 Å². The molecule has 2 aromatic heterocycles. The number of hydrogen-bond donors (Lipinski definition) is 4. The van der Waals surface area contributed by atoms with Gasteiger partial charge in [0, 0.05) is 74.6 Å². The second-order valence-corrected chi connectivity index (χ2v) is 10.6. The lowest BCUT2D eigenvalue weighted by molar-refractivity contribution is 0.0964. The van der Waals surface area contributed by atoms with Crippen molar-refractivity contribution >= 4 is 23.1 Å². The van der Waals surface area contributed by atoms with Crippen molar-refractivity contribution in [2.24, 2.45) is 17.8 Å². The maximum Gasteiger partial charge on any atom is 0.276 e. The number of carbonyl (C=O) groups excluding carboxylic acids is 1. The summed E-state index contributed by atoms with van der Waals surface area (Å²) in [5.74, 6) is 0.172. The molecule has 1 amide bonds. The van der Waals surface area contributed by atoms with Crippen LogP contribution in [0.25, 0.3) is 11.1 Å². The monoisotopic (exact) mass is 541 g/mol. The van der Waals surface area contributed by atoms with Crippen molar-refractivity contribution in [2.75, 3.05) is 31.1 Å². The molecule has 4 heterocycles. The average molecular weight is 542 g/mol. The number of benzene rings is 1. The highest BCUT2D eigenvalue weighted by Gasteiger charge is 2.31. The topological polar surface area (TPSA) is 130 Å². The quantitative estimate of drug-likeness (QED) is 0.289. The molecule has 1 fully saturated rings. The van der Waals surface area contributed by atoms with Crippen LogP contribution in [0.4, 0.5) is 11.4 Å². The minimum Gasteiger partial charge on any atom is -0.392 e. The molecule has 3 aliphatic rings. The van der Waals surface area contributed by atoms with E-state index in [1.165, 1.54) is 15.8 Å². The van der Waals surface area contributed by atoms with E-state index in [9.17, 15) is 14.7 Å². The van der Waals surface area contributed by atoms with Crippen molar-refractivity contribution < 1.29 is 9.90 Å². The highest BCUT2D eigenvalue weighted by molar-refractivity contribution is 6.07. The van der Waals surface area contributed by atoms with Gasteiger partial charge in [0.25, 0.3) is 11.5 Å². The standard InChI is InChI=1S/C30H35N7O3/c1-35-17-20(13-24(29(35)39)34-28(31)15-21-16-32-9-10-33-21)22-6-4-8-26(23(22)18-38)37-12-11-36-25-7-3-2-5-19(25)14-27(36)30(37)40/h4,6,8,13-15,17,32-33,38H,2-3,5,7,9-12,16,18H2,1H3,(H2,31,34)/b21-15-. The van der Waals surface area contributed by atoms with Gasteiger partial charge in [-0.2, -0.15) is 0 Å². The van der Waals surface area contributed by atoms with Crippen molar-refractivity contribution in [2.45, 2.75) is 38.8 Å². The van der Waals surface area contributed by atoms with Gasteiger partial charge in [-0.3, -0.25) is 9.59 Å². The van der Waals surface area contributed by atoms with Crippen molar-refractivity contribution in [1.29, 1.82) is 0 Å². The maximum atomic E-state index is 13.7. The predicted molar refractivity (Wildman–Crippen MR) is 156 cm³/mol. The molecule has 3 aromatic rings. The molecule has 0 unspecified atom stereocenters. The molecule has 40 heavy (non-hydrogen) atoms. The lowest BCUT2D eigenvalue weighted by atomic mass is 9.98. The van der Waals surface area contributed by atoms with E-state index in [1.54, 1.807) is 30.3 Å². The Bertz CT molecular complexity index is 1590. The van der Waals surface area contributed by atoms with Gasteiger partial charge >= 0.3 is 0 Å². The smallest absolute Gasteiger partial charge is 0.276 e. The number of fused-ring (bicyclic) bond motifs is 3. The van der Waals surface area contributed by atoms with Gasteiger partial charge < -0.3 is 35.5 Å². The van der Waals surface area contributed by atoms with Crippen LogP contribution >= 0.6 is 0 Å². The Morgan fingerprint density at radius 3 is 2.80 bits per heavy atom. The summed E-state index contributed by atoms with van der Waals surface area (Å²) in [4.78, 5) is 32.9. The van der Waals surface area contributed by atoms with E-state index in [0.717, 1.165) is 62.3 Å². The van der Waals surface area contributed by atoms with Crippen LogP contribution in [0.3, 0.4) is 0 Å². The molecule has 5 N–H and O–H groups in total. The number of nitrogens with two attached hydrogens (primary N) is 1. The molecule has 2 aliphatic heterocycles. The number of nitrogens with one attached hydrogen (secondary N) is 2. The summed E-state index contributed by atoms with van der Waals surface area (Å²) >= 11 is 0. The second-order valence-electron chi connectivity index (χ2n) is 10.6. The average Bonchev–Trinajstić information content (AvgIpc) is 3.35. The first-order chi connectivity index (χ1) is 19.4. The normalized spacial score (nSPS) is 18.4. The molecular weight excluding hydrogens is 506 g/mol. The summed E-state index contributed by atoms with van der Waals surface area (Å²) in [5.41, 5.74) is 13.1. The predicted octanol–water partition coefficient (Wildman–Crippen LogP) is 1.95. The number of amidine groups is 1. The van der Waals surface area contributed by atoms with Gasteiger partial charge in [0.05, 0.1) is 12.3 Å². The Morgan fingerprint density at radius 1 is 1.15 bits per heavy atom. The zero-order chi connectivity index (χ0) is 27.8. The molecule has 0 atom stereocenters. The number of carbonyl (C=O) groups is 1. The van der Waals surface area contributed by atoms with E-state index >= 15 is 0 Å². The van der Waals surface area contributed by atoms with Crippen LogP contribution in [0, 0.1) is 0 Å². The highest BCUT2D eigenvalue weighted by Crippen LogP contribution is 2.35. The van der Waals surface area contributed by atoms with Crippen molar-refractivity contribution in [1.82, 2.24) is 19.8 Å². The van der Waals surface area contributed by atoms with Crippen LogP contribution in [-0.2, 0) is 33.0 Å². The van der Waals surface area contributed by atoms with E-state index in [2.05, 4.69) is 26.3 Å². The minimum absolute atomic E-state index is 0.0510. The second kappa shape index (κ2) is 10.8. The summed E-state index contributed by atoms with van der Waals surface area (Å²) in [6, 6.07) is 9.39. The van der Waals surface area contributed by atoms with E-state index in [1.807, 2.05) is 18.2 Å². The number of amides is 1. The molecule has 0 radical (unpaired) electrons. The number of aliphatic hydroxyl groups excluding tert-OH is 1. The molecule has 1 saturated heterocycles. The first-order valence-electron chi connectivity index (χ1n) is 13.9. The number of anilines is 1. The zero-order valence-corrected chi connectivity index (χ0v) is 22.7. The Kier molecular flexibility index (Phi) is 7.03. The first-order valence-corrected chi connectivity index (χ1v) is 13.9. The van der Waals surface area contributed by atoms with Crippen molar-refractivity contribution in [3.63, 3.8) is 0 Å². The molecule has 208 valence electrons. The number of aliphatic hydroxyl groups is 1. The number of pyridine rings is 1. The number of nitrogens with zero attached hydrogens (tertiary/aromatic N) is 4. The molecule has 1 aliphatic carbocycles. The number of aromatic nitrogens is 2. The molecule has 0 spiro atoms. The Balaban J connectivity index is 1.37. The lowest BCUT2D eigenvalue weighted by Crippen LogP contribution is -2.41. The Hall–Kier alpha value is -4.15. The van der Waals surface area contributed by atoms with Crippen LogP contribution < -0.4 is 26.8 Å². The SMILES string of the molecule is Cn1cc(-c2cccc(N3CCn4c(cc5c4CCCC5)C3=O)c2CO)cc(N=C(N)/C=C2/CNCCN2)c1=O. The molecule has 10 nitrogen and oxygen atoms in total. The fraction of sp³-hybridized carbons (Fsp3) is 0.367. The highest BCUT2D eigenvalue weighted by atomic mass is 16.3. The van der Waals surface area contributed by atoms with Gasteiger partial charge in [-0.1, -0.05) is 12.1 Å². The first kappa shape index (κ1) is 26.1. The number of aryl methyl sites for hydroxylation is 2. The van der Waals surface area contributed by atoms with E-state index in [-0.39, 0.29) is 29.6 Å². The van der Waals surface area contributed by atoms with Crippen molar-refractivity contribution in [3.05, 3.63) is 81.2 Å². The Labute approximate surface area is 232 Å². The summed E-state index contributed by atoms with van der Waals surface area (Å²) in [6.07, 6.45) is 7.81. The maximum absolute atomic E-state index is 13.7. The van der Waals surface area contributed by atoms with Gasteiger partial charge in [0.2, 0.25) is 0 Å². The molecule has 6 rings (SSSR count). The fourth-order valence-corrected chi connectivity index (χ4v) is 6.10.